The second kappa shape index (κ2) is 7.84. The molecule has 4 rings (SSSR count). The van der Waals surface area contributed by atoms with Crippen LogP contribution in [0.15, 0.2) is 48.9 Å². The van der Waals surface area contributed by atoms with Gasteiger partial charge in [-0.1, -0.05) is 13.0 Å². The molecule has 2 N–H and O–H groups in total. The van der Waals surface area contributed by atoms with Crippen molar-refractivity contribution in [2.24, 2.45) is 0 Å². The number of nitrogens with one attached hydrogen (secondary N) is 1. The maximum atomic E-state index is 12.4. The third-order valence-corrected chi connectivity index (χ3v) is 5.18. The molecule has 1 aliphatic heterocycles. The lowest BCUT2D eigenvalue weighted by Crippen LogP contribution is -2.37. The molecular weight excluding hydrogens is 352 g/mol. The average molecular weight is 376 g/mol. The van der Waals surface area contributed by atoms with Crippen LogP contribution >= 0.6 is 0 Å². The van der Waals surface area contributed by atoms with Gasteiger partial charge in [0.1, 0.15) is 11.3 Å². The first kappa shape index (κ1) is 18.2. The van der Waals surface area contributed by atoms with Crippen LogP contribution in [0, 0.1) is 0 Å². The number of amides is 1. The molecule has 28 heavy (non-hydrogen) atoms. The number of rotatable bonds is 6. The average Bonchev–Trinajstić information content (AvgIpc) is 2.68. The third-order valence-electron chi connectivity index (χ3n) is 5.18. The van der Waals surface area contributed by atoms with Crippen molar-refractivity contribution in [3.05, 3.63) is 60.0 Å². The molecule has 1 amide bonds. The summed E-state index contributed by atoms with van der Waals surface area (Å²) in [4.78, 5) is 23.3. The summed E-state index contributed by atoms with van der Waals surface area (Å²) in [5.74, 6) is 0.0490. The van der Waals surface area contributed by atoms with Gasteiger partial charge in [0.15, 0.2) is 0 Å². The molecule has 2 aromatic heterocycles. The van der Waals surface area contributed by atoms with E-state index < -0.39 is 6.04 Å². The van der Waals surface area contributed by atoms with Crippen LogP contribution in [0.5, 0.6) is 5.75 Å². The van der Waals surface area contributed by atoms with Crippen molar-refractivity contribution >= 4 is 22.5 Å². The Morgan fingerprint density at radius 3 is 2.79 bits per heavy atom. The van der Waals surface area contributed by atoms with Crippen molar-refractivity contribution in [1.82, 2.24) is 15.3 Å². The molecular formula is C22H24N4O2. The van der Waals surface area contributed by atoms with Crippen molar-refractivity contribution in [3.63, 3.8) is 0 Å². The van der Waals surface area contributed by atoms with Gasteiger partial charge in [-0.05, 0) is 42.7 Å². The predicted octanol–water partition coefficient (Wildman–Crippen LogP) is 3.55. The fraction of sp³-hybridized carbons (Fsp3) is 0.318. The molecule has 0 aliphatic carbocycles. The topological polar surface area (TPSA) is 78.4 Å². The van der Waals surface area contributed by atoms with Gasteiger partial charge in [-0.15, -0.1) is 0 Å². The van der Waals surface area contributed by atoms with Crippen LogP contribution in [-0.2, 0) is 4.79 Å². The fourth-order valence-electron chi connectivity index (χ4n) is 3.62. The third kappa shape index (κ3) is 3.38. The van der Waals surface area contributed by atoms with E-state index in [0.717, 1.165) is 42.6 Å². The van der Waals surface area contributed by atoms with E-state index >= 15 is 0 Å². The predicted molar refractivity (Wildman–Crippen MR) is 109 cm³/mol. The number of fused-ring (bicyclic) bond motifs is 1. The first-order valence-corrected chi connectivity index (χ1v) is 9.74. The van der Waals surface area contributed by atoms with Crippen LogP contribution < -0.4 is 10.2 Å². The van der Waals surface area contributed by atoms with Gasteiger partial charge in [0.2, 0.25) is 5.91 Å². The molecule has 144 valence electrons. The number of hydrogen-bond acceptors (Lipinski definition) is 5. The molecule has 1 unspecified atom stereocenters. The van der Waals surface area contributed by atoms with E-state index in [2.05, 4.69) is 20.2 Å². The number of aromatic hydroxyl groups is 1. The van der Waals surface area contributed by atoms with Gasteiger partial charge >= 0.3 is 0 Å². The highest BCUT2D eigenvalue weighted by Gasteiger charge is 2.26. The highest BCUT2D eigenvalue weighted by atomic mass is 16.3. The van der Waals surface area contributed by atoms with Gasteiger partial charge in [0.05, 0.1) is 6.04 Å². The Labute approximate surface area is 164 Å². The lowest BCUT2D eigenvalue weighted by molar-refractivity contribution is -0.121. The van der Waals surface area contributed by atoms with Crippen molar-refractivity contribution in [2.75, 3.05) is 18.0 Å². The molecule has 3 heterocycles. The van der Waals surface area contributed by atoms with Gasteiger partial charge in [-0.3, -0.25) is 14.8 Å². The Hall–Kier alpha value is -3.15. The smallest absolute Gasteiger partial charge is 0.220 e. The van der Waals surface area contributed by atoms with E-state index in [4.69, 9.17) is 0 Å². The molecule has 1 aliphatic rings. The monoisotopic (exact) mass is 376 g/mol. The van der Waals surface area contributed by atoms with E-state index in [-0.39, 0.29) is 11.7 Å². The summed E-state index contributed by atoms with van der Waals surface area (Å²) in [7, 11) is 0. The van der Waals surface area contributed by atoms with E-state index in [9.17, 15) is 9.90 Å². The van der Waals surface area contributed by atoms with Crippen molar-refractivity contribution in [3.8, 4) is 5.75 Å². The largest absolute Gasteiger partial charge is 0.505 e. The lowest BCUT2D eigenvalue weighted by Gasteiger charge is -2.35. The molecule has 1 saturated heterocycles. The molecule has 1 fully saturated rings. The molecule has 0 bridgehead atoms. The van der Waals surface area contributed by atoms with Crippen molar-refractivity contribution in [1.29, 1.82) is 0 Å². The van der Waals surface area contributed by atoms with Gasteiger partial charge in [-0.25, -0.2) is 0 Å². The Bertz CT molecular complexity index is 986. The summed E-state index contributed by atoms with van der Waals surface area (Å²) in [5.41, 5.74) is 3.07. The Morgan fingerprint density at radius 2 is 2.11 bits per heavy atom. The van der Waals surface area contributed by atoms with Gasteiger partial charge in [-0.2, -0.15) is 0 Å². The number of pyridine rings is 2. The second-order valence-electron chi connectivity index (χ2n) is 7.11. The first-order chi connectivity index (χ1) is 13.7. The number of phenolic OH excluding ortho intramolecular Hbond substituents is 1. The number of aromatic nitrogens is 2. The summed E-state index contributed by atoms with van der Waals surface area (Å²) in [5, 5.41) is 15.1. The van der Waals surface area contributed by atoms with E-state index in [0.29, 0.717) is 17.5 Å². The highest BCUT2D eigenvalue weighted by molar-refractivity contribution is 5.97. The summed E-state index contributed by atoms with van der Waals surface area (Å²) in [6.45, 7) is 3.93. The molecule has 0 spiro atoms. The van der Waals surface area contributed by atoms with E-state index in [1.807, 2.05) is 37.3 Å². The van der Waals surface area contributed by atoms with Crippen LogP contribution in [0.25, 0.3) is 10.9 Å². The molecule has 6 heteroatoms. The number of benzene rings is 1. The van der Waals surface area contributed by atoms with Crippen LogP contribution in [0.3, 0.4) is 0 Å². The number of hydrogen-bond donors (Lipinski definition) is 2. The normalized spacial score (nSPS) is 14.5. The van der Waals surface area contributed by atoms with Crippen LogP contribution in [0.2, 0.25) is 0 Å². The number of phenols is 1. The fourth-order valence-corrected chi connectivity index (χ4v) is 3.62. The maximum Gasteiger partial charge on any atom is 0.220 e. The van der Waals surface area contributed by atoms with E-state index in [1.54, 1.807) is 18.6 Å². The van der Waals surface area contributed by atoms with Gasteiger partial charge in [0, 0.05) is 54.7 Å². The number of anilines is 1. The zero-order valence-electron chi connectivity index (χ0n) is 15.9. The van der Waals surface area contributed by atoms with Gasteiger partial charge < -0.3 is 15.3 Å². The molecule has 0 radical (unpaired) electrons. The number of carbonyl (C=O) groups excluding carboxylic acids is 1. The summed E-state index contributed by atoms with van der Waals surface area (Å²) in [6, 6.07) is 9.11. The SMILES string of the molecule is CCCC(=O)NC(c1cccnc1)c1cc(N2CCC2)c2cccnc2c1O. The zero-order chi connectivity index (χ0) is 19.5. The van der Waals surface area contributed by atoms with Crippen LogP contribution in [0.4, 0.5) is 5.69 Å². The van der Waals surface area contributed by atoms with Crippen LogP contribution in [0.1, 0.15) is 43.4 Å². The molecule has 3 aromatic rings. The number of nitrogens with zero attached hydrogens (tertiary/aromatic N) is 3. The quantitative estimate of drug-likeness (QED) is 0.688. The molecule has 6 nitrogen and oxygen atoms in total. The first-order valence-electron chi connectivity index (χ1n) is 9.74. The minimum atomic E-state index is -0.487. The Kier molecular flexibility index (Phi) is 5.10. The van der Waals surface area contributed by atoms with E-state index in [1.165, 1.54) is 0 Å². The van der Waals surface area contributed by atoms with Crippen LogP contribution in [-0.4, -0.2) is 34.1 Å². The minimum absolute atomic E-state index is 0.0534. The minimum Gasteiger partial charge on any atom is -0.505 e. The molecule has 1 aromatic carbocycles. The molecule has 1 atom stereocenters. The summed E-state index contributed by atoms with van der Waals surface area (Å²) >= 11 is 0. The van der Waals surface area contributed by atoms with Gasteiger partial charge in [0.25, 0.3) is 0 Å². The molecule has 0 saturated carbocycles. The summed E-state index contributed by atoms with van der Waals surface area (Å²) in [6.07, 6.45) is 7.44. The van der Waals surface area contributed by atoms with Crippen molar-refractivity contribution in [2.45, 2.75) is 32.2 Å². The summed E-state index contributed by atoms with van der Waals surface area (Å²) < 4.78 is 0. The number of carbonyl (C=O) groups is 1. The second-order valence-corrected chi connectivity index (χ2v) is 7.11. The zero-order valence-corrected chi connectivity index (χ0v) is 15.9. The maximum absolute atomic E-state index is 12.4. The highest BCUT2D eigenvalue weighted by Crippen LogP contribution is 2.40. The van der Waals surface area contributed by atoms with Crippen molar-refractivity contribution < 1.29 is 9.90 Å². The Morgan fingerprint density at radius 1 is 1.29 bits per heavy atom. The lowest BCUT2D eigenvalue weighted by atomic mass is 9.95. The Balaban J connectivity index is 1.87. The standard InChI is InChI=1S/C22H24N4O2/c1-2-6-19(27)25-20(15-7-3-9-23-14-15)17-13-18(26-11-5-12-26)16-8-4-10-24-21(16)22(17)28/h3-4,7-10,13-14,20,28H,2,5-6,11-12H2,1H3,(H,25,27).